The second-order valence-electron chi connectivity index (χ2n) is 4.57. The lowest BCUT2D eigenvalue weighted by atomic mass is 10.3. The number of rotatable bonds is 5. The zero-order valence-corrected chi connectivity index (χ0v) is 12.3. The number of hydrogen-bond donors (Lipinski definition) is 0. The summed E-state index contributed by atoms with van der Waals surface area (Å²) >= 11 is 0. The van der Waals surface area contributed by atoms with Crippen LogP contribution >= 0.6 is 0 Å². The standard InChI is InChI=1S/C14H17N3O2S/c1-4-14(16(2)3)20(18,19)13-8-6-5-7-12(13)17-10-9-15-11-17/h4-11,14H,1H2,2-3H3. The van der Waals surface area contributed by atoms with Crippen LogP contribution in [0.25, 0.3) is 5.69 Å². The van der Waals surface area contributed by atoms with Crippen molar-refractivity contribution in [3.63, 3.8) is 0 Å². The molecule has 5 nitrogen and oxygen atoms in total. The summed E-state index contributed by atoms with van der Waals surface area (Å²) in [5.41, 5.74) is 0.582. The summed E-state index contributed by atoms with van der Waals surface area (Å²) in [6.07, 6.45) is 6.33. The topological polar surface area (TPSA) is 55.2 Å². The van der Waals surface area contributed by atoms with Gasteiger partial charge in [-0.25, -0.2) is 13.4 Å². The molecule has 2 rings (SSSR count). The zero-order valence-electron chi connectivity index (χ0n) is 11.5. The summed E-state index contributed by atoms with van der Waals surface area (Å²) in [6, 6.07) is 6.87. The number of sulfone groups is 1. The van der Waals surface area contributed by atoms with Gasteiger partial charge in [0.05, 0.1) is 16.9 Å². The molecule has 0 radical (unpaired) electrons. The molecule has 20 heavy (non-hydrogen) atoms. The van der Waals surface area contributed by atoms with E-state index >= 15 is 0 Å². The second kappa shape index (κ2) is 5.60. The Kier molecular flexibility index (Phi) is 4.06. The fourth-order valence-electron chi connectivity index (χ4n) is 2.06. The van der Waals surface area contributed by atoms with Crippen molar-refractivity contribution >= 4 is 9.84 Å². The van der Waals surface area contributed by atoms with Gasteiger partial charge in [-0.3, -0.25) is 4.90 Å². The van der Waals surface area contributed by atoms with Crippen LogP contribution in [0.4, 0.5) is 0 Å². The highest BCUT2D eigenvalue weighted by Gasteiger charge is 2.29. The Morgan fingerprint density at radius 1 is 1.35 bits per heavy atom. The first-order chi connectivity index (χ1) is 9.48. The number of aromatic nitrogens is 2. The van der Waals surface area contributed by atoms with E-state index in [-0.39, 0.29) is 4.90 Å². The van der Waals surface area contributed by atoms with Gasteiger partial charge in [0.2, 0.25) is 0 Å². The van der Waals surface area contributed by atoms with E-state index in [9.17, 15) is 8.42 Å². The molecule has 1 unspecified atom stereocenters. The smallest absolute Gasteiger partial charge is 0.200 e. The SMILES string of the molecule is C=CC(N(C)C)S(=O)(=O)c1ccccc1-n1ccnc1. The fourth-order valence-corrected chi connectivity index (χ4v) is 3.86. The van der Waals surface area contributed by atoms with Crippen LogP contribution in [0.2, 0.25) is 0 Å². The van der Waals surface area contributed by atoms with Crippen molar-refractivity contribution in [1.82, 2.24) is 14.5 Å². The molecule has 0 aliphatic rings. The molecule has 1 aromatic carbocycles. The third kappa shape index (κ3) is 2.52. The molecule has 0 saturated heterocycles. The van der Waals surface area contributed by atoms with Gasteiger partial charge in [0, 0.05) is 12.4 Å². The highest BCUT2D eigenvalue weighted by Crippen LogP contribution is 2.25. The number of benzene rings is 1. The average Bonchev–Trinajstić information content (AvgIpc) is 2.92. The predicted octanol–water partition coefficient (Wildman–Crippen LogP) is 1.72. The fraction of sp³-hybridized carbons (Fsp3) is 0.214. The Bertz CT molecular complexity index is 691. The minimum Gasteiger partial charge on any atom is -0.305 e. The first kappa shape index (κ1) is 14.5. The van der Waals surface area contributed by atoms with Gasteiger partial charge in [-0.1, -0.05) is 18.2 Å². The average molecular weight is 291 g/mol. The minimum atomic E-state index is -3.55. The van der Waals surface area contributed by atoms with E-state index in [0.29, 0.717) is 5.69 Å². The van der Waals surface area contributed by atoms with Crippen LogP contribution in [-0.2, 0) is 9.84 Å². The highest BCUT2D eigenvalue weighted by molar-refractivity contribution is 7.92. The Labute approximate surface area is 119 Å². The van der Waals surface area contributed by atoms with Gasteiger partial charge in [0.15, 0.2) is 9.84 Å². The van der Waals surface area contributed by atoms with Crippen LogP contribution in [0, 0.1) is 0 Å². The first-order valence-electron chi connectivity index (χ1n) is 6.08. The molecule has 0 aliphatic heterocycles. The van der Waals surface area contributed by atoms with Gasteiger partial charge in [-0.2, -0.15) is 0 Å². The van der Waals surface area contributed by atoms with Gasteiger partial charge >= 0.3 is 0 Å². The molecule has 0 bridgehead atoms. The third-order valence-electron chi connectivity index (χ3n) is 2.98. The first-order valence-corrected chi connectivity index (χ1v) is 7.63. The van der Waals surface area contributed by atoms with E-state index in [2.05, 4.69) is 11.6 Å². The van der Waals surface area contributed by atoms with Crippen molar-refractivity contribution in [3.05, 3.63) is 55.6 Å². The Hall–Kier alpha value is -1.92. The summed E-state index contributed by atoms with van der Waals surface area (Å²) in [5, 5.41) is -0.771. The molecular weight excluding hydrogens is 274 g/mol. The molecule has 2 aromatic rings. The van der Waals surface area contributed by atoms with Crippen LogP contribution in [0.15, 0.2) is 60.5 Å². The van der Waals surface area contributed by atoms with Gasteiger partial charge < -0.3 is 4.57 Å². The van der Waals surface area contributed by atoms with Crippen LogP contribution in [0.3, 0.4) is 0 Å². The largest absolute Gasteiger partial charge is 0.305 e. The van der Waals surface area contributed by atoms with Gasteiger partial charge in [0.1, 0.15) is 5.37 Å². The van der Waals surface area contributed by atoms with Crippen LogP contribution in [-0.4, -0.2) is 42.3 Å². The highest BCUT2D eigenvalue weighted by atomic mass is 32.2. The number of nitrogens with zero attached hydrogens (tertiary/aromatic N) is 3. The van der Waals surface area contributed by atoms with Crippen LogP contribution in [0.5, 0.6) is 0 Å². The molecule has 0 spiro atoms. The summed E-state index contributed by atoms with van der Waals surface area (Å²) < 4.78 is 27.2. The van der Waals surface area contributed by atoms with Crippen molar-refractivity contribution in [2.75, 3.05) is 14.1 Å². The monoisotopic (exact) mass is 291 g/mol. The second-order valence-corrected chi connectivity index (χ2v) is 6.59. The van der Waals surface area contributed by atoms with Gasteiger partial charge in [-0.05, 0) is 26.2 Å². The number of imidazole rings is 1. The molecule has 1 aromatic heterocycles. The van der Waals surface area contributed by atoms with Gasteiger partial charge in [0.25, 0.3) is 0 Å². The lowest BCUT2D eigenvalue weighted by molar-refractivity contribution is 0.406. The van der Waals surface area contributed by atoms with Crippen molar-refractivity contribution in [2.24, 2.45) is 0 Å². The lowest BCUT2D eigenvalue weighted by Gasteiger charge is -2.22. The molecule has 1 atom stereocenters. The van der Waals surface area contributed by atoms with E-state index in [1.54, 1.807) is 66.5 Å². The van der Waals surface area contributed by atoms with E-state index in [4.69, 9.17) is 0 Å². The zero-order chi connectivity index (χ0) is 14.8. The third-order valence-corrected chi connectivity index (χ3v) is 5.19. The predicted molar refractivity (Wildman–Crippen MR) is 78.4 cm³/mol. The van der Waals surface area contributed by atoms with Crippen LogP contribution < -0.4 is 0 Å². The quantitative estimate of drug-likeness (QED) is 0.787. The molecule has 0 amide bonds. The molecule has 0 saturated carbocycles. The van der Waals surface area contributed by atoms with Crippen molar-refractivity contribution < 1.29 is 8.42 Å². The maximum Gasteiger partial charge on any atom is 0.200 e. The van der Waals surface area contributed by atoms with E-state index in [1.807, 2.05) is 0 Å². The summed E-state index contributed by atoms with van der Waals surface area (Å²) in [7, 11) is -0.124. The number of hydrogen-bond acceptors (Lipinski definition) is 4. The van der Waals surface area contributed by atoms with Gasteiger partial charge in [-0.15, -0.1) is 6.58 Å². The van der Waals surface area contributed by atoms with Crippen molar-refractivity contribution in [2.45, 2.75) is 10.3 Å². The van der Waals surface area contributed by atoms with Crippen molar-refractivity contribution in [1.29, 1.82) is 0 Å². The maximum absolute atomic E-state index is 12.8. The summed E-state index contributed by atoms with van der Waals surface area (Å²) in [5.74, 6) is 0. The Morgan fingerprint density at radius 2 is 2.05 bits per heavy atom. The number of likely N-dealkylation sites (N-methyl/N-ethyl adjacent to an activating group) is 1. The molecule has 106 valence electrons. The molecular formula is C14H17N3O2S. The van der Waals surface area contributed by atoms with Crippen molar-refractivity contribution in [3.8, 4) is 5.69 Å². The maximum atomic E-state index is 12.8. The Morgan fingerprint density at radius 3 is 2.60 bits per heavy atom. The molecule has 1 heterocycles. The molecule has 0 aliphatic carbocycles. The minimum absolute atomic E-state index is 0.261. The van der Waals surface area contributed by atoms with E-state index in [1.165, 1.54) is 6.08 Å². The summed E-state index contributed by atoms with van der Waals surface area (Å²) in [4.78, 5) is 5.84. The molecule has 0 fully saturated rings. The lowest BCUT2D eigenvalue weighted by Crippen LogP contribution is -2.34. The van der Waals surface area contributed by atoms with Crippen LogP contribution in [0.1, 0.15) is 0 Å². The number of para-hydroxylation sites is 1. The molecule has 0 N–H and O–H groups in total. The summed E-state index contributed by atoms with van der Waals surface area (Å²) in [6.45, 7) is 3.63. The van der Waals surface area contributed by atoms with E-state index in [0.717, 1.165) is 0 Å². The molecule has 6 heteroatoms. The normalized spacial score (nSPS) is 13.3. The van der Waals surface area contributed by atoms with E-state index < -0.39 is 15.2 Å². The Balaban J connectivity index is 2.61.